The van der Waals surface area contributed by atoms with Gasteiger partial charge < -0.3 is 33.7 Å². The van der Waals surface area contributed by atoms with E-state index in [0.29, 0.717) is 41.7 Å². The summed E-state index contributed by atoms with van der Waals surface area (Å²) in [5.41, 5.74) is 1.08. The highest BCUT2D eigenvalue weighted by molar-refractivity contribution is 6.00. The van der Waals surface area contributed by atoms with Crippen molar-refractivity contribution in [1.29, 1.82) is 0 Å². The molecule has 0 aliphatic carbocycles. The van der Waals surface area contributed by atoms with E-state index in [1.165, 1.54) is 14.2 Å². The van der Waals surface area contributed by atoms with E-state index in [4.69, 9.17) is 23.7 Å². The number of aliphatic hydroxyl groups excluding tert-OH is 1. The van der Waals surface area contributed by atoms with Crippen LogP contribution in [0, 0.1) is 0 Å². The van der Waals surface area contributed by atoms with Crippen molar-refractivity contribution in [2.24, 2.45) is 0 Å². The van der Waals surface area contributed by atoms with E-state index >= 15 is 0 Å². The Morgan fingerprint density at radius 3 is 2.20 bits per heavy atom. The van der Waals surface area contributed by atoms with Gasteiger partial charge in [0.1, 0.15) is 23.2 Å². The van der Waals surface area contributed by atoms with Crippen molar-refractivity contribution < 1.29 is 33.6 Å². The van der Waals surface area contributed by atoms with Gasteiger partial charge in [-0.05, 0) is 29.8 Å². The van der Waals surface area contributed by atoms with E-state index in [1.54, 1.807) is 49.5 Å². The minimum Gasteiger partial charge on any atom is -0.496 e. The molecule has 162 valence electrons. The number of rotatable bonds is 7. The molecule has 1 heterocycles. The maximum absolute atomic E-state index is 13.7. The second kappa shape index (κ2) is 9.69. The van der Waals surface area contributed by atoms with Crippen molar-refractivity contribution in [1.82, 2.24) is 4.90 Å². The van der Waals surface area contributed by atoms with E-state index in [2.05, 4.69) is 0 Å². The summed E-state index contributed by atoms with van der Waals surface area (Å²) < 4.78 is 27.3. The monoisotopic (exact) mass is 417 g/mol. The van der Waals surface area contributed by atoms with Crippen LogP contribution in [0.5, 0.6) is 23.0 Å². The Morgan fingerprint density at radius 2 is 1.63 bits per heavy atom. The molecular weight excluding hydrogens is 390 g/mol. The Hall–Kier alpha value is -2.97. The van der Waals surface area contributed by atoms with Crippen molar-refractivity contribution in [3.8, 4) is 23.0 Å². The Balaban J connectivity index is 2.08. The maximum atomic E-state index is 13.7. The number of carbonyl (C=O) groups excluding carboxylic acids is 1. The van der Waals surface area contributed by atoms with Gasteiger partial charge in [0.05, 0.1) is 47.7 Å². The summed E-state index contributed by atoms with van der Waals surface area (Å²) in [7, 11) is 6.12. The van der Waals surface area contributed by atoms with Gasteiger partial charge in [-0.25, -0.2) is 0 Å². The summed E-state index contributed by atoms with van der Waals surface area (Å²) in [5, 5.41) is 9.95. The van der Waals surface area contributed by atoms with Crippen molar-refractivity contribution in [2.75, 3.05) is 48.2 Å². The van der Waals surface area contributed by atoms with Crippen molar-refractivity contribution in [3.63, 3.8) is 0 Å². The Labute approximate surface area is 175 Å². The van der Waals surface area contributed by atoms with Crippen LogP contribution in [-0.4, -0.2) is 70.2 Å². The largest absolute Gasteiger partial charge is 0.496 e. The van der Waals surface area contributed by atoms with E-state index in [9.17, 15) is 9.90 Å². The van der Waals surface area contributed by atoms with Crippen LogP contribution in [0.2, 0.25) is 0 Å². The molecule has 8 nitrogen and oxygen atoms in total. The van der Waals surface area contributed by atoms with E-state index in [1.807, 2.05) is 6.07 Å². The zero-order valence-corrected chi connectivity index (χ0v) is 17.6. The second-order valence-electron chi connectivity index (χ2n) is 6.69. The van der Waals surface area contributed by atoms with Crippen LogP contribution in [0.25, 0.3) is 0 Å². The zero-order valence-electron chi connectivity index (χ0n) is 17.6. The van der Waals surface area contributed by atoms with Crippen LogP contribution < -0.4 is 18.9 Å². The van der Waals surface area contributed by atoms with Crippen molar-refractivity contribution in [3.05, 3.63) is 47.5 Å². The third-order valence-electron chi connectivity index (χ3n) is 5.18. The Morgan fingerprint density at radius 1 is 1.00 bits per heavy atom. The molecular formula is C22H27NO7. The number of carbonyl (C=O) groups is 1. The maximum Gasteiger partial charge on any atom is 0.262 e. The number of hydrogen-bond donors (Lipinski definition) is 1. The Kier molecular flexibility index (Phi) is 7.02. The fourth-order valence-corrected chi connectivity index (χ4v) is 3.75. The number of aliphatic hydroxyl groups is 1. The first kappa shape index (κ1) is 21.7. The second-order valence-corrected chi connectivity index (χ2v) is 6.69. The molecule has 0 radical (unpaired) electrons. The van der Waals surface area contributed by atoms with Gasteiger partial charge in [0.15, 0.2) is 11.5 Å². The summed E-state index contributed by atoms with van der Waals surface area (Å²) in [4.78, 5) is 15.3. The van der Waals surface area contributed by atoms with E-state index < -0.39 is 12.1 Å². The molecule has 1 N–H and O–H groups in total. The van der Waals surface area contributed by atoms with Gasteiger partial charge in [0.25, 0.3) is 5.91 Å². The molecule has 1 aliphatic heterocycles. The molecule has 3 rings (SSSR count). The predicted molar refractivity (Wildman–Crippen MR) is 110 cm³/mol. The van der Waals surface area contributed by atoms with Crippen LogP contribution in [0.1, 0.15) is 22.0 Å². The number of benzene rings is 2. The standard InChI is InChI=1S/C22H27NO7/c1-26-15-9-8-14(12-18(15)29-4)21-19(13-24)30-11-10-23(21)22(25)20-16(27-2)6-5-7-17(20)28-3/h5-9,12,19,21,24H,10-11,13H2,1-4H3. The molecule has 1 amide bonds. The first-order chi connectivity index (χ1) is 14.6. The molecule has 0 aromatic heterocycles. The summed E-state index contributed by atoms with van der Waals surface area (Å²) in [6.07, 6.45) is -0.596. The lowest BCUT2D eigenvalue weighted by Gasteiger charge is -2.41. The SMILES string of the molecule is COc1ccc(C2C(CO)OCCN2C(=O)c2c(OC)cccc2OC)cc1OC. The lowest BCUT2D eigenvalue weighted by molar-refractivity contribution is -0.0812. The molecule has 1 aliphatic rings. The topological polar surface area (TPSA) is 86.7 Å². The first-order valence-electron chi connectivity index (χ1n) is 9.55. The summed E-state index contributed by atoms with van der Waals surface area (Å²) in [6, 6.07) is 10.0. The van der Waals surface area contributed by atoms with Crippen molar-refractivity contribution >= 4 is 5.91 Å². The summed E-state index contributed by atoms with van der Waals surface area (Å²) >= 11 is 0. The molecule has 0 bridgehead atoms. The third kappa shape index (κ3) is 4.01. The molecule has 30 heavy (non-hydrogen) atoms. The highest BCUT2D eigenvalue weighted by atomic mass is 16.5. The zero-order chi connectivity index (χ0) is 21.7. The van der Waals surface area contributed by atoms with Crippen LogP contribution in [-0.2, 0) is 4.74 Å². The molecule has 0 spiro atoms. The van der Waals surface area contributed by atoms with Gasteiger partial charge >= 0.3 is 0 Å². The van der Waals surface area contributed by atoms with Crippen LogP contribution >= 0.6 is 0 Å². The van der Waals surface area contributed by atoms with Gasteiger partial charge in [-0.1, -0.05) is 12.1 Å². The van der Waals surface area contributed by atoms with Crippen LogP contribution in [0.15, 0.2) is 36.4 Å². The van der Waals surface area contributed by atoms with Gasteiger partial charge in [0, 0.05) is 6.54 Å². The third-order valence-corrected chi connectivity index (χ3v) is 5.18. The molecule has 0 saturated carbocycles. The number of morpholine rings is 1. The fourth-order valence-electron chi connectivity index (χ4n) is 3.75. The minimum absolute atomic E-state index is 0.244. The quantitative estimate of drug-likeness (QED) is 0.740. The molecule has 1 fully saturated rings. The first-order valence-corrected chi connectivity index (χ1v) is 9.55. The molecule has 2 unspecified atom stereocenters. The predicted octanol–water partition coefficient (Wildman–Crippen LogP) is 2.30. The van der Waals surface area contributed by atoms with Crippen LogP contribution in [0.3, 0.4) is 0 Å². The van der Waals surface area contributed by atoms with Crippen LogP contribution in [0.4, 0.5) is 0 Å². The Bertz CT molecular complexity index is 864. The normalized spacial score (nSPS) is 18.6. The van der Waals surface area contributed by atoms with E-state index in [-0.39, 0.29) is 12.5 Å². The van der Waals surface area contributed by atoms with Gasteiger partial charge in [-0.3, -0.25) is 4.79 Å². The molecule has 1 saturated heterocycles. The van der Waals surface area contributed by atoms with Gasteiger partial charge in [0.2, 0.25) is 0 Å². The fraction of sp³-hybridized carbons (Fsp3) is 0.409. The smallest absolute Gasteiger partial charge is 0.262 e. The number of hydrogen-bond acceptors (Lipinski definition) is 7. The van der Waals surface area contributed by atoms with Gasteiger partial charge in [-0.15, -0.1) is 0 Å². The number of methoxy groups -OCH3 is 4. The molecule has 8 heteroatoms. The lowest BCUT2D eigenvalue weighted by Crippen LogP contribution is -2.49. The summed E-state index contributed by atoms with van der Waals surface area (Å²) in [6.45, 7) is 0.402. The number of ether oxygens (including phenoxy) is 5. The number of amides is 1. The van der Waals surface area contributed by atoms with Crippen molar-refractivity contribution in [2.45, 2.75) is 12.1 Å². The summed E-state index contributed by atoms with van der Waals surface area (Å²) in [5.74, 6) is 1.66. The molecule has 2 aromatic carbocycles. The molecule has 2 atom stereocenters. The van der Waals surface area contributed by atoms with E-state index in [0.717, 1.165) is 5.56 Å². The average molecular weight is 417 g/mol. The highest BCUT2D eigenvalue weighted by Crippen LogP contribution is 2.38. The lowest BCUT2D eigenvalue weighted by atomic mass is 9.96. The number of nitrogens with zero attached hydrogens (tertiary/aromatic N) is 1. The van der Waals surface area contributed by atoms with Gasteiger partial charge in [-0.2, -0.15) is 0 Å². The minimum atomic E-state index is -0.596. The highest BCUT2D eigenvalue weighted by Gasteiger charge is 2.38. The molecule has 2 aromatic rings. The average Bonchev–Trinajstić information content (AvgIpc) is 2.81.